The van der Waals surface area contributed by atoms with Crippen molar-refractivity contribution in [3.8, 4) is 0 Å². The third-order valence-corrected chi connectivity index (χ3v) is 4.16. The van der Waals surface area contributed by atoms with Gasteiger partial charge < -0.3 is 15.0 Å². The summed E-state index contributed by atoms with van der Waals surface area (Å²) in [5, 5.41) is 3.27. The molecule has 1 fully saturated rings. The number of hydrogen-bond donors (Lipinski definition) is 1. The van der Waals surface area contributed by atoms with Crippen molar-refractivity contribution in [2.75, 3.05) is 36.5 Å². The molecule has 4 nitrogen and oxygen atoms in total. The van der Waals surface area contributed by atoms with Gasteiger partial charge >= 0.3 is 0 Å². The first-order valence-electron chi connectivity index (χ1n) is 8.06. The largest absolute Gasteiger partial charge is 0.378 e. The number of hydrogen-bond acceptors (Lipinski definition) is 4. The molecule has 1 unspecified atom stereocenters. The van der Waals surface area contributed by atoms with Crippen molar-refractivity contribution < 1.29 is 13.5 Å². The van der Waals surface area contributed by atoms with Gasteiger partial charge in [0.2, 0.25) is 0 Å². The second-order valence-corrected chi connectivity index (χ2v) is 5.97. The molecule has 0 radical (unpaired) electrons. The van der Waals surface area contributed by atoms with Crippen molar-refractivity contribution in [1.29, 1.82) is 0 Å². The number of nitrogens with zero attached hydrogens (tertiary/aromatic N) is 2. The average molecular weight is 333 g/mol. The van der Waals surface area contributed by atoms with E-state index in [-0.39, 0.29) is 6.04 Å². The Bertz CT molecular complexity index is 697. The first kappa shape index (κ1) is 16.6. The van der Waals surface area contributed by atoms with Gasteiger partial charge in [0.05, 0.1) is 24.6 Å². The van der Waals surface area contributed by atoms with Gasteiger partial charge in [0.15, 0.2) is 0 Å². The quantitative estimate of drug-likeness (QED) is 0.926. The third kappa shape index (κ3) is 3.82. The van der Waals surface area contributed by atoms with Gasteiger partial charge in [0, 0.05) is 25.2 Å². The fraction of sp³-hybridized carbons (Fsp3) is 0.389. The van der Waals surface area contributed by atoms with Crippen molar-refractivity contribution in [3.63, 3.8) is 0 Å². The van der Waals surface area contributed by atoms with Gasteiger partial charge in [-0.3, -0.25) is 0 Å². The highest BCUT2D eigenvalue weighted by Crippen LogP contribution is 2.25. The van der Waals surface area contributed by atoms with Crippen LogP contribution in [-0.4, -0.2) is 31.3 Å². The number of halogens is 2. The summed E-state index contributed by atoms with van der Waals surface area (Å²) < 4.78 is 32.1. The zero-order valence-corrected chi connectivity index (χ0v) is 13.9. The maximum Gasteiger partial charge on any atom is 0.129 e. The standard InChI is InChI=1S/C18H21F2N3O/c1-12(14-9-15(19)11-16(20)10-14)21-17-3-4-18(22-13(17)2)23-5-7-24-8-6-23/h3-4,9-12,21H,5-8H2,1-2H3. The molecule has 1 aromatic carbocycles. The minimum Gasteiger partial charge on any atom is -0.378 e. The number of anilines is 2. The van der Waals surface area contributed by atoms with E-state index >= 15 is 0 Å². The Kier molecular flexibility index (Phi) is 4.94. The Balaban J connectivity index is 1.74. The van der Waals surface area contributed by atoms with E-state index in [9.17, 15) is 8.78 Å². The topological polar surface area (TPSA) is 37.4 Å². The molecule has 1 atom stereocenters. The lowest BCUT2D eigenvalue weighted by molar-refractivity contribution is 0.122. The SMILES string of the molecule is Cc1nc(N2CCOCC2)ccc1NC(C)c1cc(F)cc(F)c1. The molecule has 2 aromatic rings. The minimum atomic E-state index is -0.573. The molecule has 0 spiro atoms. The lowest BCUT2D eigenvalue weighted by Gasteiger charge is -2.28. The Labute approximate surface area is 140 Å². The number of nitrogens with one attached hydrogen (secondary N) is 1. The molecular weight excluding hydrogens is 312 g/mol. The maximum absolute atomic E-state index is 13.4. The summed E-state index contributed by atoms with van der Waals surface area (Å²) in [6, 6.07) is 7.24. The molecule has 2 heterocycles. The summed E-state index contributed by atoms with van der Waals surface area (Å²) in [6.07, 6.45) is 0. The molecule has 24 heavy (non-hydrogen) atoms. The van der Waals surface area contributed by atoms with Crippen LogP contribution in [0.1, 0.15) is 24.2 Å². The molecule has 0 aliphatic carbocycles. The number of morpholine rings is 1. The van der Waals surface area contributed by atoms with Crippen LogP contribution < -0.4 is 10.2 Å². The Hall–Kier alpha value is -2.21. The Morgan fingerprint density at radius 2 is 1.79 bits per heavy atom. The molecular formula is C18H21F2N3O. The van der Waals surface area contributed by atoms with Gasteiger partial charge in [-0.1, -0.05) is 0 Å². The number of pyridine rings is 1. The van der Waals surface area contributed by atoms with Gasteiger partial charge in [-0.15, -0.1) is 0 Å². The molecule has 1 aliphatic heterocycles. The molecule has 6 heteroatoms. The average Bonchev–Trinajstić information content (AvgIpc) is 2.56. The van der Waals surface area contributed by atoms with E-state index in [1.807, 2.05) is 26.0 Å². The molecule has 1 saturated heterocycles. The second-order valence-electron chi connectivity index (χ2n) is 5.97. The normalized spacial score (nSPS) is 16.1. The lowest BCUT2D eigenvalue weighted by atomic mass is 10.1. The summed E-state index contributed by atoms with van der Waals surface area (Å²) >= 11 is 0. The summed E-state index contributed by atoms with van der Waals surface area (Å²) in [5.41, 5.74) is 2.26. The monoisotopic (exact) mass is 333 g/mol. The fourth-order valence-corrected chi connectivity index (χ4v) is 2.81. The van der Waals surface area contributed by atoms with E-state index in [1.165, 1.54) is 12.1 Å². The second kappa shape index (κ2) is 7.13. The highest BCUT2D eigenvalue weighted by molar-refractivity contribution is 5.54. The summed E-state index contributed by atoms with van der Waals surface area (Å²) in [4.78, 5) is 6.82. The zero-order chi connectivity index (χ0) is 17.1. The van der Waals surface area contributed by atoms with Crippen molar-refractivity contribution >= 4 is 11.5 Å². The van der Waals surface area contributed by atoms with Gasteiger partial charge in [-0.25, -0.2) is 13.8 Å². The van der Waals surface area contributed by atoms with E-state index in [4.69, 9.17) is 4.74 Å². The minimum absolute atomic E-state index is 0.232. The first-order chi connectivity index (χ1) is 11.5. The van der Waals surface area contributed by atoms with Gasteiger partial charge in [0.25, 0.3) is 0 Å². The van der Waals surface area contributed by atoms with Gasteiger partial charge in [0.1, 0.15) is 17.5 Å². The molecule has 0 saturated carbocycles. The van der Waals surface area contributed by atoms with Crippen LogP contribution in [-0.2, 0) is 4.74 Å². The Morgan fingerprint density at radius 3 is 2.42 bits per heavy atom. The van der Waals surface area contributed by atoms with E-state index < -0.39 is 11.6 Å². The maximum atomic E-state index is 13.4. The molecule has 0 bridgehead atoms. The molecule has 3 rings (SSSR count). The van der Waals surface area contributed by atoms with E-state index in [2.05, 4.69) is 15.2 Å². The number of rotatable bonds is 4. The van der Waals surface area contributed by atoms with Crippen molar-refractivity contribution in [2.24, 2.45) is 0 Å². The van der Waals surface area contributed by atoms with Crippen molar-refractivity contribution in [2.45, 2.75) is 19.9 Å². The Morgan fingerprint density at radius 1 is 1.12 bits per heavy atom. The van der Waals surface area contributed by atoms with Crippen LogP contribution in [0.25, 0.3) is 0 Å². The van der Waals surface area contributed by atoms with Crippen LogP contribution in [0.2, 0.25) is 0 Å². The predicted octanol–water partition coefficient (Wildman–Crippen LogP) is 3.68. The van der Waals surface area contributed by atoms with Crippen LogP contribution in [0.4, 0.5) is 20.3 Å². The summed E-state index contributed by atoms with van der Waals surface area (Å²) in [6.45, 7) is 6.87. The zero-order valence-electron chi connectivity index (χ0n) is 13.9. The van der Waals surface area contributed by atoms with Gasteiger partial charge in [-0.05, 0) is 43.7 Å². The lowest BCUT2D eigenvalue weighted by Crippen LogP contribution is -2.36. The number of aryl methyl sites for hydroxylation is 1. The van der Waals surface area contributed by atoms with Crippen molar-refractivity contribution in [3.05, 3.63) is 53.2 Å². The molecule has 0 amide bonds. The molecule has 1 N–H and O–H groups in total. The van der Waals surface area contributed by atoms with Crippen LogP contribution in [0, 0.1) is 18.6 Å². The third-order valence-electron chi connectivity index (χ3n) is 4.16. The van der Waals surface area contributed by atoms with Crippen molar-refractivity contribution in [1.82, 2.24) is 4.98 Å². The highest BCUT2D eigenvalue weighted by Gasteiger charge is 2.15. The molecule has 1 aromatic heterocycles. The molecule has 1 aliphatic rings. The predicted molar refractivity (Wildman–Crippen MR) is 90.4 cm³/mol. The number of aromatic nitrogens is 1. The first-order valence-corrected chi connectivity index (χ1v) is 8.06. The van der Waals surface area contributed by atoms with E-state index in [1.54, 1.807) is 0 Å². The van der Waals surface area contributed by atoms with Crippen LogP contribution in [0.15, 0.2) is 30.3 Å². The van der Waals surface area contributed by atoms with Crippen LogP contribution >= 0.6 is 0 Å². The summed E-state index contributed by atoms with van der Waals surface area (Å²) in [7, 11) is 0. The fourth-order valence-electron chi connectivity index (χ4n) is 2.81. The summed E-state index contributed by atoms with van der Waals surface area (Å²) in [5.74, 6) is -0.224. The van der Waals surface area contributed by atoms with Crippen LogP contribution in [0.5, 0.6) is 0 Å². The smallest absolute Gasteiger partial charge is 0.129 e. The van der Waals surface area contributed by atoms with E-state index in [0.29, 0.717) is 18.8 Å². The van der Waals surface area contributed by atoms with E-state index in [0.717, 1.165) is 36.4 Å². The highest BCUT2D eigenvalue weighted by atomic mass is 19.1. The number of benzene rings is 1. The molecule has 128 valence electrons. The van der Waals surface area contributed by atoms with Crippen LogP contribution in [0.3, 0.4) is 0 Å². The number of ether oxygens (including phenoxy) is 1. The van der Waals surface area contributed by atoms with Gasteiger partial charge in [-0.2, -0.15) is 0 Å².